The molecule has 0 heterocycles. The van der Waals surface area contributed by atoms with Gasteiger partial charge in [0.2, 0.25) is 21.8 Å². The van der Waals surface area contributed by atoms with Crippen LogP contribution in [0.1, 0.15) is 45.6 Å². The third-order valence-corrected chi connectivity index (χ3v) is 5.54. The molecule has 8 heteroatoms. The molecule has 1 aromatic carbocycles. The van der Waals surface area contributed by atoms with Gasteiger partial charge in [0.1, 0.15) is 0 Å². The average Bonchev–Trinajstić information content (AvgIpc) is 3.36. The fourth-order valence-electron chi connectivity index (χ4n) is 2.29. The molecule has 2 amide bonds. The molecule has 0 unspecified atom stereocenters. The first-order valence-corrected chi connectivity index (χ1v) is 10.2. The van der Waals surface area contributed by atoms with Crippen LogP contribution in [0.5, 0.6) is 0 Å². The Labute approximate surface area is 155 Å². The van der Waals surface area contributed by atoms with Gasteiger partial charge in [-0.1, -0.05) is 32.9 Å². The monoisotopic (exact) mass is 381 g/mol. The van der Waals surface area contributed by atoms with Crippen molar-refractivity contribution < 1.29 is 18.0 Å². The molecule has 1 aromatic rings. The van der Waals surface area contributed by atoms with Crippen LogP contribution < -0.4 is 15.4 Å². The van der Waals surface area contributed by atoms with Crippen LogP contribution in [0.2, 0.25) is 0 Å². The Hall–Kier alpha value is -1.93. The summed E-state index contributed by atoms with van der Waals surface area (Å²) in [7, 11) is -3.67. The summed E-state index contributed by atoms with van der Waals surface area (Å²) in [5.41, 5.74) is 0.986. The standard InChI is InChI=1S/C18H27N3O4S/c1-18(2,3)13-4-8-15(9-5-13)26(24,25)20-11-10-16(22)19-12-17(23)21-14-6-7-14/h4-5,8-9,14,20H,6-7,10-12H2,1-3H3,(H,19,22)(H,21,23). The second-order valence-corrected chi connectivity index (χ2v) is 9.31. The smallest absolute Gasteiger partial charge is 0.240 e. The summed E-state index contributed by atoms with van der Waals surface area (Å²) in [6, 6.07) is 6.95. The van der Waals surface area contributed by atoms with E-state index in [1.54, 1.807) is 24.3 Å². The molecule has 0 radical (unpaired) electrons. The van der Waals surface area contributed by atoms with Gasteiger partial charge in [-0.2, -0.15) is 0 Å². The van der Waals surface area contributed by atoms with E-state index < -0.39 is 10.0 Å². The second kappa shape index (κ2) is 8.18. The third kappa shape index (κ3) is 6.42. The fraction of sp³-hybridized carbons (Fsp3) is 0.556. The molecule has 1 saturated carbocycles. The molecular formula is C18H27N3O4S. The Morgan fingerprint density at radius 3 is 2.23 bits per heavy atom. The molecule has 0 bridgehead atoms. The quantitative estimate of drug-likeness (QED) is 0.626. The molecule has 3 N–H and O–H groups in total. The van der Waals surface area contributed by atoms with Gasteiger partial charge in [-0.25, -0.2) is 13.1 Å². The van der Waals surface area contributed by atoms with Gasteiger partial charge in [-0.05, 0) is 36.0 Å². The van der Waals surface area contributed by atoms with Crippen molar-refractivity contribution in [2.45, 2.75) is 56.4 Å². The molecule has 0 spiro atoms. The van der Waals surface area contributed by atoms with Crippen molar-refractivity contribution in [3.05, 3.63) is 29.8 Å². The van der Waals surface area contributed by atoms with Crippen LogP contribution in [0.4, 0.5) is 0 Å². The van der Waals surface area contributed by atoms with Crippen molar-refractivity contribution in [1.29, 1.82) is 0 Å². The Kier molecular flexibility index (Phi) is 6.41. The number of sulfonamides is 1. The molecule has 0 aromatic heterocycles. The van der Waals surface area contributed by atoms with Crippen molar-refractivity contribution in [1.82, 2.24) is 15.4 Å². The highest BCUT2D eigenvalue weighted by Crippen LogP contribution is 2.23. The largest absolute Gasteiger partial charge is 0.352 e. The number of hydrogen-bond acceptors (Lipinski definition) is 4. The van der Waals surface area contributed by atoms with Crippen LogP contribution in [0, 0.1) is 0 Å². The van der Waals surface area contributed by atoms with E-state index in [1.807, 2.05) is 0 Å². The predicted octanol–water partition coefficient (Wildman–Crippen LogP) is 1.05. The minimum absolute atomic E-state index is 0.0283. The number of carbonyl (C=O) groups is 2. The first-order valence-electron chi connectivity index (χ1n) is 8.74. The third-order valence-electron chi connectivity index (χ3n) is 4.06. The predicted molar refractivity (Wildman–Crippen MR) is 99.1 cm³/mol. The zero-order valence-corrected chi connectivity index (χ0v) is 16.3. The van der Waals surface area contributed by atoms with Crippen molar-refractivity contribution >= 4 is 21.8 Å². The van der Waals surface area contributed by atoms with Gasteiger partial charge in [-0.15, -0.1) is 0 Å². The van der Waals surface area contributed by atoms with Crippen molar-refractivity contribution in [2.24, 2.45) is 0 Å². The number of rotatable bonds is 8. The Balaban J connectivity index is 1.76. The Morgan fingerprint density at radius 1 is 1.08 bits per heavy atom. The molecule has 1 aliphatic carbocycles. The summed E-state index contributed by atoms with van der Waals surface area (Å²) in [4.78, 5) is 23.3. The van der Waals surface area contributed by atoms with E-state index in [0.717, 1.165) is 18.4 Å². The summed E-state index contributed by atoms with van der Waals surface area (Å²) < 4.78 is 26.9. The second-order valence-electron chi connectivity index (χ2n) is 7.54. The Morgan fingerprint density at radius 2 is 1.69 bits per heavy atom. The highest BCUT2D eigenvalue weighted by molar-refractivity contribution is 7.89. The topological polar surface area (TPSA) is 104 Å². The van der Waals surface area contributed by atoms with Crippen LogP contribution in [0.25, 0.3) is 0 Å². The first kappa shape index (κ1) is 20.4. The van der Waals surface area contributed by atoms with E-state index in [1.165, 1.54) is 0 Å². The minimum atomic E-state index is -3.67. The van der Waals surface area contributed by atoms with Crippen LogP contribution in [-0.2, 0) is 25.0 Å². The van der Waals surface area contributed by atoms with Gasteiger partial charge in [0.25, 0.3) is 0 Å². The zero-order chi connectivity index (χ0) is 19.4. The van der Waals surface area contributed by atoms with E-state index in [4.69, 9.17) is 0 Å². The SMILES string of the molecule is CC(C)(C)c1ccc(S(=O)(=O)NCCC(=O)NCC(=O)NC2CC2)cc1. The maximum absolute atomic E-state index is 12.3. The molecule has 0 aliphatic heterocycles. The van der Waals surface area contributed by atoms with Gasteiger partial charge in [0.15, 0.2) is 0 Å². The van der Waals surface area contributed by atoms with Gasteiger partial charge in [0, 0.05) is 19.0 Å². The molecule has 1 aliphatic rings. The van der Waals surface area contributed by atoms with Crippen LogP contribution >= 0.6 is 0 Å². The van der Waals surface area contributed by atoms with E-state index in [0.29, 0.717) is 0 Å². The molecule has 144 valence electrons. The molecule has 0 atom stereocenters. The van der Waals surface area contributed by atoms with E-state index >= 15 is 0 Å². The molecule has 26 heavy (non-hydrogen) atoms. The summed E-state index contributed by atoms with van der Waals surface area (Å²) in [5, 5.41) is 5.24. The lowest BCUT2D eigenvalue weighted by Crippen LogP contribution is -2.39. The van der Waals surface area contributed by atoms with Crippen molar-refractivity contribution in [3.63, 3.8) is 0 Å². The van der Waals surface area contributed by atoms with Crippen LogP contribution in [0.15, 0.2) is 29.2 Å². The maximum atomic E-state index is 12.3. The van der Waals surface area contributed by atoms with Gasteiger partial charge >= 0.3 is 0 Å². The number of carbonyl (C=O) groups excluding carboxylic acids is 2. The van der Waals surface area contributed by atoms with Gasteiger partial charge in [0.05, 0.1) is 11.4 Å². The molecule has 7 nitrogen and oxygen atoms in total. The average molecular weight is 381 g/mol. The van der Waals surface area contributed by atoms with Gasteiger partial charge in [-0.3, -0.25) is 9.59 Å². The van der Waals surface area contributed by atoms with Crippen molar-refractivity contribution in [3.8, 4) is 0 Å². The number of hydrogen-bond donors (Lipinski definition) is 3. The van der Waals surface area contributed by atoms with E-state index in [-0.39, 0.29) is 47.7 Å². The maximum Gasteiger partial charge on any atom is 0.240 e. The summed E-state index contributed by atoms with van der Waals surface area (Å²) in [5.74, 6) is -0.595. The van der Waals surface area contributed by atoms with Crippen molar-refractivity contribution in [2.75, 3.05) is 13.1 Å². The molecule has 1 fully saturated rings. The number of benzene rings is 1. The molecule has 2 rings (SSSR count). The first-order chi connectivity index (χ1) is 12.1. The number of nitrogens with one attached hydrogen (secondary N) is 3. The Bertz CT molecular complexity index is 748. The van der Waals surface area contributed by atoms with E-state index in [2.05, 4.69) is 36.1 Å². The number of amides is 2. The lowest BCUT2D eigenvalue weighted by Gasteiger charge is -2.19. The summed E-state index contributed by atoms with van der Waals surface area (Å²) >= 11 is 0. The molecule has 0 saturated heterocycles. The zero-order valence-electron chi connectivity index (χ0n) is 15.5. The lowest BCUT2D eigenvalue weighted by atomic mass is 9.87. The highest BCUT2D eigenvalue weighted by Gasteiger charge is 2.23. The lowest BCUT2D eigenvalue weighted by molar-refractivity contribution is -0.126. The van der Waals surface area contributed by atoms with Crippen LogP contribution in [0.3, 0.4) is 0 Å². The normalized spacial score (nSPS) is 14.7. The van der Waals surface area contributed by atoms with Gasteiger partial charge < -0.3 is 10.6 Å². The fourth-order valence-corrected chi connectivity index (χ4v) is 3.32. The minimum Gasteiger partial charge on any atom is -0.352 e. The molecular weight excluding hydrogens is 354 g/mol. The van der Waals surface area contributed by atoms with E-state index in [9.17, 15) is 18.0 Å². The van der Waals surface area contributed by atoms with Crippen LogP contribution in [-0.4, -0.2) is 39.4 Å². The summed E-state index contributed by atoms with van der Waals surface area (Å²) in [6.45, 7) is 6.05. The highest BCUT2D eigenvalue weighted by atomic mass is 32.2. The summed E-state index contributed by atoms with van der Waals surface area (Å²) in [6.07, 6.45) is 1.94.